The van der Waals surface area contributed by atoms with Crippen molar-refractivity contribution in [3.05, 3.63) is 127 Å². The molecule has 5 aromatic carbocycles. The van der Waals surface area contributed by atoms with Gasteiger partial charge in [0.05, 0.1) is 39.0 Å². The molecule has 0 saturated carbocycles. The lowest BCUT2D eigenvalue weighted by Crippen LogP contribution is -2.10. The summed E-state index contributed by atoms with van der Waals surface area (Å²) in [5, 5.41) is 9.03. The summed E-state index contributed by atoms with van der Waals surface area (Å²) in [6.45, 7) is 4.16. The zero-order valence-electron chi connectivity index (χ0n) is 26.5. The molecule has 0 saturated heterocycles. The maximum absolute atomic E-state index is 5.08. The van der Waals surface area contributed by atoms with E-state index < -0.39 is 0 Å². The predicted molar refractivity (Wildman–Crippen MR) is 193 cm³/mol. The number of hydrogen-bond donors (Lipinski definition) is 2. The van der Waals surface area contributed by atoms with Crippen LogP contribution in [0.3, 0.4) is 0 Å². The Morgan fingerprint density at radius 2 is 0.959 bits per heavy atom. The molecule has 0 bridgehead atoms. The number of rotatable bonds is 6. The van der Waals surface area contributed by atoms with Gasteiger partial charge < -0.3 is 10.6 Å². The molecule has 11 heteroatoms. The second-order valence-corrected chi connectivity index (χ2v) is 12.2. The van der Waals surface area contributed by atoms with Crippen LogP contribution in [0.25, 0.3) is 61.5 Å². The van der Waals surface area contributed by atoms with Crippen LogP contribution in [0.2, 0.25) is 0 Å². The summed E-state index contributed by atoms with van der Waals surface area (Å²) in [4.78, 5) is 28.9. The SMILES string of the molecule is Cc1ccc(Nc2cccc3ncn(-c4nc5ncnc6nc(-n7cnc8cccc(Nc9ccc(C)cc9)c87)c7ccc4c7n56)c23)cc1. The minimum atomic E-state index is 0.491. The van der Waals surface area contributed by atoms with Gasteiger partial charge in [0.1, 0.15) is 19.0 Å². The number of aromatic nitrogens is 9. The summed E-state index contributed by atoms with van der Waals surface area (Å²) >= 11 is 0. The fourth-order valence-electron chi connectivity index (χ4n) is 6.68. The van der Waals surface area contributed by atoms with Crippen molar-refractivity contribution in [1.82, 2.24) is 43.4 Å². The molecule has 10 aromatic rings. The highest BCUT2D eigenvalue weighted by molar-refractivity contribution is 6.08. The molecule has 0 amide bonds. The lowest BCUT2D eigenvalue weighted by molar-refractivity contribution is 0.958. The van der Waals surface area contributed by atoms with Gasteiger partial charge in [0.15, 0.2) is 11.6 Å². The number of benzene rings is 4. The Hall–Kier alpha value is -6.88. The highest BCUT2D eigenvalue weighted by atomic mass is 15.2. The Balaban J connectivity index is 1.19. The zero-order chi connectivity index (χ0) is 32.6. The molecule has 0 unspecified atom stereocenters. The van der Waals surface area contributed by atoms with E-state index in [1.54, 1.807) is 0 Å². The van der Waals surface area contributed by atoms with E-state index in [9.17, 15) is 0 Å². The molecule has 49 heavy (non-hydrogen) atoms. The van der Waals surface area contributed by atoms with Crippen LogP contribution in [0, 0.1) is 13.8 Å². The number of nitrogens with one attached hydrogen (secondary N) is 2. The Morgan fingerprint density at radius 1 is 0.490 bits per heavy atom. The number of para-hydroxylation sites is 2. The first-order valence-electron chi connectivity index (χ1n) is 15.9. The number of anilines is 4. The smallest absolute Gasteiger partial charge is 0.240 e. The van der Waals surface area contributed by atoms with Crippen molar-refractivity contribution in [2.45, 2.75) is 13.8 Å². The minimum Gasteiger partial charge on any atom is -0.354 e. The molecule has 234 valence electrons. The topological polar surface area (TPSA) is 116 Å². The van der Waals surface area contributed by atoms with Crippen molar-refractivity contribution in [2.24, 2.45) is 0 Å². The molecule has 0 aliphatic heterocycles. The van der Waals surface area contributed by atoms with Gasteiger partial charge in [0.2, 0.25) is 11.6 Å². The van der Waals surface area contributed by atoms with Gasteiger partial charge in [-0.05, 0) is 74.5 Å². The van der Waals surface area contributed by atoms with Crippen molar-refractivity contribution in [2.75, 3.05) is 10.6 Å². The largest absolute Gasteiger partial charge is 0.354 e. The molecule has 11 nitrogen and oxygen atoms in total. The Morgan fingerprint density at radius 3 is 1.43 bits per heavy atom. The van der Waals surface area contributed by atoms with Gasteiger partial charge in [-0.1, -0.05) is 47.5 Å². The summed E-state index contributed by atoms with van der Waals surface area (Å²) in [6.07, 6.45) is 5.16. The standard InChI is InChI=1S/C38H27N11/c1-22-9-13-24(14-10-22)43-30-7-3-5-28-33(30)47(20-41-28)35-26-17-18-27-32(26)49-37(45-35)39-19-40-38(49)46-36(27)48-21-42-29-6-4-8-31(34(29)48)44-25-15-11-23(2)12-16-25/h3-21,43-44H,1-2H3. The third-order valence-electron chi connectivity index (χ3n) is 9.04. The number of imidazole rings is 2. The molecule has 5 aromatic heterocycles. The monoisotopic (exact) mass is 637 g/mol. The van der Waals surface area contributed by atoms with Crippen molar-refractivity contribution < 1.29 is 0 Å². The molecule has 10 rings (SSSR count). The van der Waals surface area contributed by atoms with E-state index in [0.29, 0.717) is 23.2 Å². The van der Waals surface area contributed by atoms with Gasteiger partial charge in [-0.2, -0.15) is 9.97 Å². The van der Waals surface area contributed by atoms with E-state index in [1.807, 2.05) is 50.5 Å². The molecule has 0 aliphatic rings. The van der Waals surface area contributed by atoms with Crippen LogP contribution in [0.15, 0.2) is 116 Å². The van der Waals surface area contributed by atoms with Crippen LogP contribution in [-0.2, 0) is 0 Å². The fourth-order valence-corrected chi connectivity index (χ4v) is 6.68. The molecule has 0 atom stereocenters. The first-order chi connectivity index (χ1) is 24.1. The number of aryl methyl sites for hydroxylation is 2. The lowest BCUT2D eigenvalue weighted by atomic mass is 10.2. The Kier molecular flexibility index (Phi) is 5.73. The van der Waals surface area contributed by atoms with Crippen molar-refractivity contribution in [3.63, 3.8) is 0 Å². The maximum Gasteiger partial charge on any atom is 0.240 e. The summed E-state index contributed by atoms with van der Waals surface area (Å²) < 4.78 is 6.00. The van der Waals surface area contributed by atoms with Crippen molar-refractivity contribution in [1.29, 1.82) is 0 Å². The molecule has 5 heterocycles. The first-order valence-corrected chi connectivity index (χ1v) is 15.9. The third kappa shape index (κ3) is 4.22. The summed E-state index contributed by atoms with van der Waals surface area (Å²) in [6, 6.07) is 33.0. The first kappa shape index (κ1) is 27.3. The van der Waals surface area contributed by atoms with Crippen molar-refractivity contribution in [3.8, 4) is 11.6 Å². The molecule has 0 spiro atoms. The average Bonchev–Trinajstić information content (AvgIpc) is 3.88. The van der Waals surface area contributed by atoms with E-state index in [-0.39, 0.29) is 0 Å². The van der Waals surface area contributed by atoms with Gasteiger partial charge in [-0.3, -0.25) is 9.13 Å². The van der Waals surface area contributed by atoms with Crippen LogP contribution in [0.5, 0.6) is 0 Å². The second-order valence-electron chi connectivity index (χ2n) is 12.2. The van der Waals surface area contributed by atoms with E-state index in [1.165, 1.54) is 17.5 Å². The van der Waals surface area contributed by atoms with E-state index in [2.05, 4.69) is 107 Å². The highest BCUT2D eigenvalue weighted by Crippen LogP contribution is 2.37. The zero-order valence-corrected chi connectivity index (χ0v) is 26.5. The molecule has 0 fully saturated rings. The second kappa shape index (κ2) is 10.3. The van der Waals surface area contributed by atoms with E-state index >= 15 is 0 Å². The third-order valence-corrected chi connectivity index (χ3v) is 9.04. The van der Waals surface area contributed by atoms with Crippen LogP contribution in [0.4, 0.5) is 22.7 Å². The number of nitrogens with zero attached hydrogens (tertiary/aromatic N) is 9. The molecule has 0 aliphatic carbocycles. The molecule has 0 radical (unpaired) electrons. The highest BCUT2D eigenvalue weighted by Gasteiger charge is 2.23. The average molecular weight is 638 g/mol. The molecular formula is C38H27N11. The number of hydrogen-bond acceptors (Lipinski definition) is 8. The molecule has 2 N–H and O–H groups in total. The van der Waals surface area contributed by atoms with Gasteiger partial charge in [-0.15, -0.1) is 0 Å². The Bertz CT molecular complexity index is 2650. The maximum atomic E-state index is 5.08. The van der Waals surface area contributed by atoms with Crippen LogP contribution in [0.1, 0.15) is 11.1 Å². The van der Waals surface area contributed by atoms with Gasteiger partial charge in [0, 0.05) is 22.1 Å². The minimum absolute atomic E-state index is 0.491. The van der Waals surface area contributed by atoms with Crippen LogP contribution >= 0.6 is 0 Å². The van der Waals surface area contributed by atoms with Gasteiger partial charge in [-0.25, -0.2) is 24.3 Å². The predicted octanol–water partition coefficient (Wildman–Crippen LogP) is 8.05. The van der Waals surface area contributed by atoms with E-state index in [4.69, 9.17) is 19.9 Å². The van der Waals surface area contributed by atoms with Gasteiger partial charge in [0.25, 0.3) is 0 Å². The van der Waals surface area contributed by atoms with Gasteiger partial charge >= 0.3 is 0 Å². The van der Waals surface area contributed by atoms with Crippen molar-refractivity contribution >= 4 is 72.7 Å². The van der Waals surface area contributed by atoms with Crippen LogP contribution in [-0.4, -0.2) is 43.4 Å². The fraction of sp³-hybridized carbons (Fsp3) is 0.0526. The number of fused-ring (bicyclic) bond motifs is 2. The summed E-state index contributed by atoms with van der Waals surface area (Å²) in [5.41, 5.74) is 10.7. The van der Waals surface area contributed by atoms with Crippen LogP contribution < -0.4 is 10.6 Å². The normalized spacial score (nSPS) is 11.9. The van der Waals surface area contributed by atoms with E-state index in [0.717, 1.165) is 61.1 Å². The quantitative estimate of drug-likeness (QED) is 0.188. The molecular weight excluding hydrogens is 610 g/mol. The summed E-state index contributed by atoms with van der Waals surface area (Å²) in [7, 11) is 0. The summed E-state index contributed by atoms with van der Waals surface area (Å²) in [5.74, 6) is 2.41. The Labute approximate surface area is 278 Å². The lowest BCUT2D eigenvalue weighted by Gasteiger charge is -2.16.